The number of hydrazine groups is 1. The Kier molecular flexibility index (Phi) is 4.47. The van der Waals surface area contributed by atoms with Gasteiger partial charge in [-0.15, -0.1) is 0 Å². The summed E-state index contributed by atoms with van der Waals surface area (Å²) in [6.45, 7) is 0. The maximum Gasteiger partial charge on any atom is 0.0501 e. The Balaban J connectivity index is 2.17. The zero-order valence-corrected chi connectivity index (χ0v) is 11.5. The fraction of sp³-hybridized carbons (Fsp3) is 0.154. The molecule has 4 heteroatoms. The summed E-state index contributed by atoms with van der Waals surface area (Å²) >= 11 is 2.31. The normalized spacial score (nSPS) is 12.4. The van der Waals surface area contributed by atoms with E-state index >= 15 is 0 Å². The molecule has 88 valence electrons. The van der Waals surface area contributed by atoms with E-state index < -0.39 is 0 Å². The SMILES string of the molecule is NNC(Cc1cccnc1)c1cccc(I)c1. The highest BCUT2D eigenvalue weighted by Crippen LogP contribution is 2.19. The third-order valence-electron chi connectivity index (χ3n) is 2.61. The van der Waals surface area contributed by atoms with Gasteiger partial charge in [0.1, 0.15) is 0 Å². The molecule has 17 heavy (non-hydrogen) atoms. The molecule has 0 fully saturated rings. The molecule has 0 aliphatic heterocycles. The van der Waals surface area contributed by atoms with Crippen molar-refractivity contribution < 1.29 is 0 Å². The molecule has 1 aromatic heterocycles. The summed E-state index contributed by atoms with van der Waals surface area (Å²) in [4.78, 5) is 4.11. The average Bonchev–Trinajstić information content (AvgIpc) is 2.37. The van der Waals surface area contributed by atoms with Crippen LogP contribution in [0.4, 0.5) is 0 Å². The highest BCUT2D eigenvalue weighted by molar-refractivity contribution is 14.1. The summed E-state index contributed by atoms with van der Waals surface area (Å²) < 4.78 is 1.21. The molecule has 0 aliphatic rings. The molecule has 0 saturated carbocycles. The van der Waals surface area contributed by atoms with Crippen molar-refractivity contribution in [1.29, 1.82) is 0 Å². The summed E-state index contributed by atoms with van der Waals surface area (Å²) in [6, 6.07) is 12.5. The van der Waals surface area contributed by atoms with Crippen LogP contribution in [-0.4, -0.2) is 4.98 Å². The molecule has 1 heterocycles. The van der Waals surface area contributed by atoms with Gasteiger partial charge < -0.3 is 0 Å². The van der Waals surface area contributed by atoms with Gasteiger partial charge in [0.25, 0.3) is 0 Å². The number of nitrogens with one attached hydrogen (secondary N) is 1. The van der Waals surface area contributed by atoms with E-state index in [1.54, 1.807) is 6.20 Å². The molecule has 1 unspecified atom stereocenters. The van der Waals surface area contributed by atoms with Crippen molar-refractivity contribution in [2.24, 2.45) is 5.84 Å². The molecule has 3 N–H and O–H groups in total. The van der Waals surface area contributed by atoms with Crippen LogP contribution in [0.5, 0.6) is 0 Å². The minimum atomic E-state index is 0.119. The van der Waals surface area contributed by atoms with Gasteiger partial charge >= 0.3 is 0 Å². The zero-order valence-electron chi connectivity index (χ0n) is 9.31. The second kappa shape index (κ2) is 6.09. The number of nitrogens with two attached hydrogens (primary N) is 1. The van der Waals surface area contributed by atoms with Crippen molar-refractivity contribution in [3.63, 3.8) is 0 Å². The first kappa shape index (κ1) is 12.5. The Bertz CT molecular complexity index is 473. The maximum absolute atomic E-state index is 5.63. The molecule has 2 rings (SSSR count). The fourth-order valence-corrected chi connectivity index (χ4v) is 2.32. The van der Waals surface area contributed by atoms with Gasteiger partial charge in [-0.25, -0.2) is 0 Å². The molecule has 0 amide bonds. The van der Waals surface area contributed by atoms with Gasteiger partial charge in [0.05, 0.1) is 6.04 Å². The summed E-state index contributed by atoms with van der Waals surface area (Å²) in [7, 11) is 0. The number of rotatable bonds is 4. The number of aromatic nitrogens is 1. The molecule has 0 saturated heterocycles. The summed E-state index contributed by atoms with van der Waals surface area (Å²) in [6.07, 6.45) is 4.49. The summed E-state index contributed by atoms with van der Waals surface area (Å²) in [5.41, 5.74) is 5.24. The predicted molar refractivity (Wildman–Crippen MR) is 77.2 cm³/mol. The van der Waals surface area contributed by atoms with Gasteiger partial charge in [0, 0.05) is 16.0 Å². The summed E-state index contributed by atoms with van der Waals surface area (Å²) in [5, 5.41) is 0. The van der Waals surface area contributed by atoms with Crippen molar-refractivity contribution in [2.45, 2.75) is 12.5 Å². The van der Waals surface area contributed by atoms with Crippen LogP contribution in [-0.2, 0) is 6.42 Å². The van der Waals surface area contributed by atoms with Crippen molar-refractivity contribution in [1.82, 2.24) is 10.4 Å². The lowest BCUT2D eigenvalue weighted by atomic mass is 10.0. The van der Waals surface area contributed by atoms with E-state index in [9.17, 15) is 0 Å². The lowest BCUT2D eigenvalue weighted by Gasteiger charge is -2.16. The monoisotopic (exact) mass is 339 g/mol. The fourth-order valence-electron chi connectivity index (χ4n) is 1.75. The van der Waals surface area contributed by atoms with Gasteiger partial charge in [-0.2, -0.15) is 0 Å². The van der Waals surface area contributed by atoms with Gasteiger partial charge in [-0.1, -0.05) is 18.2 Å². The van der Waals surface area contributed by atoms with Crippen LogP contribution in [0.3, 0.4) is 0 Å². The molecular formula is C13H14IN3. The standard InChI is InChI=1S/C13H14IN3/c14-12-5-1-4-11(8-12)13(17-15)7-10-3-2-6-16-9-10/h1-6,8-9,13,17H,7,15H2. The molecule has 0 aliphatic carbocycles. The Morgan fingerprint density at radius 1 is 1.29 bits per heavy atom. The van der Waals surface area contributed by atoms with Crippen LogP contribution in [0.1, 0.15) is 17.2 Å². The third kappa shape index (κ3) is 3.49. The van der Waals surface area contributed by atoms with Gasteiger partial charge in [-0.3, -0.25) is 16.3 Å². The van der Waals surface area contributed by atoms with E-state index in [-0.39, 0.29) is 6.04 Å². The maximum atomic E-state index is 5.63. The average molecular weight is 339 g/mol. The Hall–Kier alpha value is -0.980. The number of pyridine rings is 1. The van der Waals surface area contributed by atoms with Crippen LogP contribution in [0, 0.1) is 3.57 Å². The Morgan fingerprint density at radius 2 is 2.18 bits per heavy atom. The van der Waals surface area contributed by atoms with Crippen molar-refractivity contribution in [3.8, 4) is 0 Å². The molecule has 1 atom stereocenters. The number of nitrogens with zero attached hydrogens (tertiary/aromatic N) is 1. The van der Waals surface area contributed by atoms with Crippen LogP contribution < -0.4 is 11.3 Å². The van der Waals surface area contributed by atoms with Gasteiger partial charge in [0.2, 0.25) is 0 Å². The second-order valence-corrected chi connectivity index (χ2v) is 5.09. The first-order valence-electron chi connectivity index (χ1n) is 5.40. The lowest BCUT2D eigenvalue weighted by Crippen LogP contribution is -2.29. The molecular weight excluding hydrogens is 325 g/mol. The van der Waals surface area contributed by atoms with E-state index in [0.29, 0.717) is 0 Å². The second-order valence-electron chi connectivity index (χ2n) is 3.84. The first-order valence-corrected chi connectivity index (χ1v) is 6.48. The smallest absolute Gasteiger partial charge is 0.0501 e. The Morgan fingerprint density at radius 3 is 2.82 bits per heavy atom. The van der Waals surface area contributed by atoms with Gasteiger partial charge in [0.15, 0.2) is 0 Å². The minimum absolute atomic E-state index is 0.119. The van der Waals surface area contributed by atoms with E-state index in [4.69, 9.17) is 5.84 Å². The highest BCUT2D eigenvalue weighted by atomic mass is 127. The first-order chi connectivity index (χ1) is 8.29. The third-order valence-corrected chi connectivity index (χ3v) is 3.29. The van der Waals surface area contributed by atoms with Crippen LogP contribution in [0.15, 0.2) is 48.8 Å². The summed E-state index contributed by atoms with van der Waals surface area (Å²) in [5.74, 6) is 5.63. The largest absolute Gasteiger partial charge is 0.271 e. The number of hydrogen-bond donors (Lipinski definition) is 2. The van der Waals surface area contributed by atoms with Crippen LogP contribution in [0.25, 0.3) is 0 Å². The number of benzene rings is 1. The topological polar surface area (TPSA) is 50.9 Å². The van der Waals surface area contributed by atoms with E-state index in [1.165, 1.54) is 14.7 Å². The van der Waals surface area contributed by atoms with Gasteiger partial charge in [-0.05, 0) is 58.3 Å². The Labute approximate surface area is 115 Å². The predicted octanol–water partition coefficient (Wildman–Crippen LogP) is 2.43. The molecule has 2 aromatic rings. The minimum Gasteiger partial charge on any atom is -0.271 e. The molecule has 3 nitrogen and oxygen atoms in total. The van der Waals surface area contributed by atoms with E-state index in [2.05, 4.69) is 57.3 Å². The number of halogens is 1. The molecule has 1 aromatic carbocycles. The van der Waals surface area contributed by atoms with E-state index in [1.807, 2.05) is 18.3 Å². The molecule has 0 spiro atoms. The highest BCUT2D eigenvalue weighted by Gasteiger charge is 2.10. The number of hydrogen-bond acceptors (Lipinski definition) is 3. The van der Waals surface area contributed by atoms with Crippen molar-refractivity contribution in [3.05, 3.63) is 63.5 Å². The zero-order chi connectivity index (χ0) is 12.1. The van der Waals surface area contributed by atoms with Crippen molar-refractivity contribution >= 4 is 22.6 Å². The quantitative estimate of drug-likeness (QED) is 0.511. The van der Waals surface area contributed by atoms with Crippen molar-refractivity contribution in [2.75, 3.05) is 0 Å². The van der Waals surface area contributed by atoms with Crippen LogP contribution in [0.2, 0.25) is 0 Å². The molecule has 0 bridgehead atoms. The van der Waals surface area contributed by atoms with E-state index in [0.717, 1.165) is 6.42 Å². The van der Waals surface area contributed by atoms with Crippen LogP contribution >= 0.6 is 22.6 Å². The molecule has 0 radical (unpaired) electrons. The lowest BCUT2D eigenvalue weighted by molar-refractivity contribution is 0.551.